The van der Waals surface area contributed by atoms with E-state index in [1.54, 1.807) is 11.8 Å². The van der Waals surface area contributed by atoms with Gasteiger partial charge in [-0.05, 0) is 61.9 Å². The van der Waals surface area contributed by atoms with Crippen LogP contribution in [0, 0.1) is 0 Å². The first kappa shape index (κ1) is 32.0. The molecule has 0 saturated carbocycles. The number of rotatable bonds is 4. The first-order valence-electron chi connectivity index (χ1n) is 18.0. The van der Waals surface area contributed by atoms with Gasteiger partial charge < -0.3 is 0 Å². The van der Waals surface area contributed by atoms with E-state index in [1.807, 2.05) is 48.8 Å². The van der Waals surface area contributed by atoms with E-state index in [2.05, 4.69) is 150 Å². The van der Waals surface area contributed by atoms with E-state index in [-0.39, 0.29) is 0 Å². The maximum Gasteiger partial charge on any atom is 0.164 e. The summed E-state index contributed by atoms with van der Waals surface area (Å²) < 4.78 is 0. The Morgan fingerprint density at radius 1 is 0.444 bits per heavy atom. The summed E-state index contributed by atoms with van der Waals surface area (Å²) in [5, 5.41) is 4.42. The van der Waals surface area contributed by atoms with Gasteiger partial charge in [0.2, 0.25) is 0 Å². The second-order valence-electron chi connectivity index (χ2n) is 13.4. The molecule has 3 heterocycles. The van der Waals surface area contributed by atoms with E-state index in [4.69, 9.17) is 15.0 Å². The second kappa shape index (κ2) is 13.4. The molecule has 10 rings (SSSR count). The Hall–Kier alpha value is -6.69. The number of nitrogens with zero attached hydrogens (tertiary/aromatic N) is 4. The van der Waals surface area contributed by atoms with Crippen molar-refractivity contribution in [1.82, 2.24) is 19.9 Å². The average molecular weight is 709 g/mol. The van der Waals surface area contributed by atoms with E-state index in [0.29, 0.717) is 17.5 Å². The number of benzene rings is 6. The summed E-state index contributed by atoms with van der Waals surface area (Å²) in [6.07, 6.45) is 14.7. The van der Waals surface area contributed by atoms with Gasteiger partial charge in [-0.2, -0.15) is 0 Å². The van der Waals surface area contributed by atoms with Gasteiger partial charge in [-0.1, -0.05) is 176 Å². The Morgan fingerprint density at radius 2 is 1.04 bits per heavy atom. The van der Waals surface area contributed by atoms with Crippen LogP contribution in [0.1, 0.15) is 16.7 Å². The minimum Gasteiger partial charge on any atom is -0.264 e. The van der Waals surface area contributed by atoms with Crippen LogP contribution < -0.4 is 0 Å². The average Bonchev–Trinajstić information content (AvgIpc) is 3.54. The van der Waals surface area contributed by atoms with E-state index in [0.717, 1.165) is 44.2 Å². The van der Waals surface area contributed by atoms with Gasteiger partial charge in [-0.25, -0.2) is 15.0 Å². The van der Waals surface area contributed by atoms with Crippen LogP contribution in [0.25, 0.3) is 67.2 Å². The van der Waals surface area contributed by atoms with Gasteiger partial charge in [-0.3, -0.25) is 4.98 Å². The maximum atomic E-state index is 5.27. The third kappa shape index (κ3) is 5.24. The third-order valence-corrected chi connectivity index (χ3v) is 11.3. The lowest BCUT2D eigenvalue weighted by Crippen LogP contribution is -2.25. The standard InChI is InChI=1S/C49H32N4S/c1-2-12-31-54-43-27-10-9-24-40(43)49(29-11-1)41-25-14-22-38(37-21-13-20-35-32-50-30-28-36(35)37)44(41)45-39(23-15-26-42(45)49)48-52-46(33-16-5-3-6-17-33)51-47(53-48)34-18-7-4-8-19-34/h1-32H/b2-1?,29-11+,31-12?. The van der Waals surface area contributed by atoms with Crippen molar-refractivity contribution in [3.8, 4) is 56.4 Å². The topological polar surface area (TPSA) is 51.6 Å². The van der Waals surface area contributed by atoms with Gasteiger partial charge in [-0.15, -0.1) is 0 Å². The van der Waals surface area contributed by atoms with Crippen LogP contribution in [-0.4, -0.2) is 19.9 Å². The summed E-state index contributed by atoms with van der Waals surface area (Å²) in [5.74, 6) is 1.91. The van der Waals surface area contributed by atoms with Crippen LogP contribution in [0.5, 0.6) is 0 Å². The highest BCUT2D eigenvalue weighted by atomic mass is 32.2. The normalized spacial score (nSPS) is 16.1. The van der Waals surface area contributed by atoms with Gasteiger partial charge in [0.15, 0.2) is 17.5 Å². The molecular weight excluding hydrogens is 677 g/mol. The molecular formula is C49H32N4S. The molecule has 8 aromatic rings. The molecule has 0 fully saturated rings. The lowest BCUT2D eigenvalue weighted by Gasteiger charge is -2.32. The molecule has 0 bridgehead atoms. The molecule has 1 aliphatic heterocycles. The predicted molar refractivity (Wildman–Crippen MR) is 222 cm³/mol. The van der Waals surface area contributed by atoms with Crippen LogP contribution in [0.3, 0.4) is 0 Å². The first-order chi connectivity index (χ1) is 26.8. The molecule has 4 nitrogen and oxygen atoms in total. The SMILES string of the molecule is C1=C/C=C/C2(c3ccccc3SC=C1)c1cccc(-c3nc(-c4ccccc4)nc(-c4ccccc4)n3)c1-c1c(-c3cccc4cnccc34)cccc12. The lowest BCUT2D eigenvalue weighted by atomic mass is 9.71. The number of pyridine rings is 1. The number of aromatic nitrogens is 4. The van der Waals surface area contributed by atoms with Crippen LogP contribution in [0.2, 0.25) is 0 Å². The fraction of sp³-hybridized carbons (Fsp3) is 0.0204. The van der Waals surface area contributed by atoms with Gasteiger partial charge in [0.25, 0.3) is 0 Å². The molecule has 2 aliphatic rings. The van der Waals surface area contributed by atoms with Crippen LogP contribution in [0.4, 0.5) is 0 Å². The molecule has 1 spiro atoms. The number of hydrogen-bond acceptors (Lipinski definition) is 5. The van der Waals surface area contributed by atoms with Crippen LogP contribution >= 0.6 is 11.8 Å². The van der Waals surface area contributed by atoms with Crippen molar-refractivity contribution in [2.24, 2.45) is 0 Å². The second-order valence-corrected chi connectivity index (χ2v) is 14.3. The molecule has 0 N–H and O–H groups in total. The van der Waals surface area contributed by atoms with E-state index < -0.39 is 5.41 Å². The maximum absolute atomic E-state index is 5.27. The Kier molecular flexibility index (Phi) is 7.93. The highest BCUT2D eigenvalue weighted by molar-refractivity contribution is 8.02. The summed E-state index contributed by atoms with van der Waals surface area (Å²) in [5.41, 5.74) is 10.5. The van der Waals surface area contributed by atoms with Gasteiger partial charge >= 0.3 is 0 Å². The molecule has 0 saturated heterocycles. The zero-order chi connectivity index (χ0) is 35.9. The quantitative estimate of drug-likeness (QED) is 0.182. The monoisotopic (exact) mass is 708 g/mol. The van der Waals surface area contributed by atoms with E-state index in [9.17, 15) is 0 Å². The Labute approximate surface area is 318 Å². The Bertz CT molecular complexity index is 2740. The lowest BCUT2D eigenvalue weighted by molar-refractivity contribution is 0.783. The van der Waals surface area contributed by atoms with Crippen molar-refractivity contribution in [2.45, 2.75) is 10.3 Å². The minimum absolute atomic E-state index is 0.612. The Balaban J connectivity index is 1.34. The predicted octanol–water partition coefficient (Wildman–Crippen LogP) is 12.1. The number of thioether (sulfide) groups is 1. The summed E-state index contributed by atoms with van der Waals surface area (Å²) in [6, 6.07) is 51.2. The van der Waals surface area contributed by atoms with Gasteiger partial charge in [0.1, 0.15) is 0 Å². The van der Waals surface area contributed by atoms with Crippen LogP contribution in [0.15, 0.2) is 199 Å². The number of hydrogen-bond donors (Lipinski definition) is 0. The molecule has 0 radical (unpaired) electrons. The summed E-state index contributed by atoms with van der Waals surface area (Å²) in [6.45, 7) is 0. The summed E-state index contributed by atoms with van der Waals surface area (Å²) >= 11 is 1.75. The van der Waals surface area contributed by atoms with Gasteiger partial charge in [0, 0.05) is 39.4 Å². The largest absolute Gasteiger partial charge is 0.264 e. The highest BCUT2D eigenvalue weighted by Gasteiger charge is 2.46. The molecule has 5 heteroatoms. The minimum atomic E-state index is -0.612. The zero-order valence-corrected chi connectivity index (χ0v) is 30.0. The summed E-state index contributed by atoms with van der Waals surface area (Å²) in [4.78, 5) is 21.2. The number of fused-ring (bicyclic) bond motifs is 8. The molecule has 1 atom stereocenters. The molecule has 1 unspecified atom stereocenters. The third-order valence-electron chi connectivity index (χ3n) is 10.4. The molecule has 54 heavy (non-hydrogen) atoms. The van der Waals surface area contributed by atoms with Crippen molar-refractivity contribution in [2.75, 3.05) is 0 Å². The van der Waals surface area contributed by atoms with Crippen LogP contribution in [-0.2, 0) is 5.41 Å². The van der Waals surface area contributed by atoms with Crippen molar-refractivity contribution >= 4 is 22.5 Å². The number of allylic oxidation sites excluding steroid dienone is 5. The van der Waals surface area contributed by atoms with Crippen molar-refractivity contribution in [3.05, 3.63) is 210 Å². The Morgan fingerprint density at radius 3 is 1.80 bits per heavy atom. The van der Waals surface area contributed by atoms with E-state index >= 15 is 0 Å². The molecule has 1 aliphatic carbocycles. The highest BCUT2D eigenvalue weighted by Crippen LogP contribution is 2.60. The smallest absolute Gasteiger partial charge is 0.164 e. The van der Waals surface area contributed by atoms with Crippen molar-refractivity contribution in [3.63, 3.8) is 0 Å². The van der Waals surface area contributed by atoms with Crippen molar-refractivity contribution < 1.29 is 0 Å². The fourth-order valence-electron chi connectivity index (χ4n) is 8.08. The van der Waals surface area contributed by atoms with Gasteiger partial charge in [0.05, 0.1) is 5.41 Å². The molecule has 254 valence electrons. The molecule has 2 aromatic heterocycles. The molecule has 6 aromatic carbocycles. The van der Waals surface area contributed by atoms with E-state index in [1.165, 1.54) is 27.1 Å². The molecule has 0 amide bonds. The van der Waals surface area contributed by atoms with Crippen molar-refractivity contribution in [1.29, 1.82) is 0 Å². The summed E-state index contributed by atoms with van der Waals surface area (Å²) in [7, 11) is 0. The zero-order valence-electron chi connectivity index (χ0n) is 29.2. The fourth-order valence-corrected chi connectivity index (χ4v) is 8.91. The first-order valence-corrected chi connectivity index (χ1v) is 18.9.